The number of nitrogens with one attached hydrogen (secondary N) is 2. The number of rotatable bonds is 5. The number of hydrogen-bond acceptors (Lipinski definition) is 2. The van der Waals surface area contributed by atoms with Gasteiger partial charge in [0.15, 0.2) is 0 Å². The summed E-state index contributed by atoms with van der Waals surface area (Å²) < 4.78 is 38.0. The minimum Gasteiger partial charge on any atom is -0.345 e. The summed E-state index contributed by atoms with van der Waals surface area (Å²) in [4.78, 5) is 7.32. The number of H-pyrrole nitrogens is 1. The summed E-state index contributed by atoms with van der Waals surface area (Å²) in [6.45, 7) is 4.74. The first-order chi connectivity index (χ1) is 9.84. The molecule has 0 amide bonds. The van der Waals surface area contributed by atoms with Crippen LogP contribution in [-0.2, 0) is 19.1 Å². The molecule has 2 aromatic rings. The van der Waals surface area contributed by atoms with Crippen LogP contribution >= 0.6 is 0 Å². The second-order valence-electron chi connectivity index (χ2n) is 5.27. The van der Waals surface area contributed by atoms with Gasteiger partial charge in [0.25, 0.3) is 0 Å². The lowest BCUT2D eigenvalue weighted by atomic mass is 10.1. The molecule has 0 aliphatic rings. The van der Waals surface area contributed by atoms with Crippen LogP contribution in [0.2, 0.25) is 0 Å². The van der Waals surface area contributed by atoms with Gasteiger partial charge in [0, 0.05) is 30.9 Å². The fourth-order valence-electron chi connectivity index (χ4n) is 1.95. The summed E-state index contributed by atoms with van der Waals surface area (Å²) in [6.07, 6.45) is -2.25. The van der Waals surface area contributed by atoms with E-state index in [0.29, 0.717) is 30.4 Å². The Morgan fingerprint density at radius 1 is 1.29 bits per heavy atom. The largest absolute Gasteiger partial charge is 0.416 e. The van der Waals surface area contributed by atoms with E-state index in [9.17, 15) is 13.2 Å². The summed E-state index contributed by atoms with van der Waals surface area (Å²) in [7, 11) is 0. The molecule has 0 aliphatic carbocycles. The van der Waals surface area contributed by atoms with Crippen LogP contribution < -0.4 is 5.32 Å². The van der Waals surface area contributed by atoms with Gasteiger partial charge in [-0.05, 0) is 11.6 Å². The molecule has 114 valence electrons. The second kappa shape index (κ2) is 6.30. The highest BCUT2D eigenvalue weighted by Gasteiger charge is 2.30. The summed E-state index contributed by atoms with van der Waals surface area (Å²) >= 11 is 0. The van der Waals surface area contributed by atoms with E-state index in [0.717, 1.165) is 17.8 Å². The van der Waals surface area contributed by atoms with E-state index in [2.05, 4.69) is 15.3 Å². The zero-order chi connectivity index (χ0) is 15.5. The number of aromatic nitrogens is 2. The maximum Gasteiger partial charge on any atom is 0.416 e. The third kappa shape index (κ3) is 4.60. The van der Waals surface area contributed by atoms with Crippen LogP contribution in [0.4, 0.5) is 13.2 Å². The van der Waals surface area contributed by atoms with Crippen LogP contribution in [0, 0.1) is 0 Å². The Hall–Kier alpha value is -1.82. The Kier molecular flexibility index (Phi) is 4.67. The average molecular weight is 297 g/mol. The van der Waals surface area contributed by atoms with Gasteiger partial charge in [0.2, 0.25) is 0 Å². The van der Waals surface area contributed by atoms with Crippen molar-refractivity contribution in [3.63, 3.8) is 0 Å². The smallest absolute Gasteiger partial charge is 0.345 e. The second-order valence-corrected chi connectivity index (χ2v) is 5.27. The Balaban J connectivity index is 2.05. The Morgan fingerprint density at radius 2 is 2.05 bits per heavy atom. The number of alkyl halides is 3. The van der Waals surface area contributed by atoms with Crippen molar-refractivity contribution in [1.29, 1.82) is 0 Å². The van der Waals surface area contributed by atoms with Gasteiger partial charge in [-0.2, -0.15) is 13.2 Å². The molecule has 1 aromatic heterocycles. The fraction of sp³-hybridized carbons (Fsp3) is 0.400. The highest BCUT2D eigenvalue weighted by Crippen LogP contribution is 2.29. The van der Waals surface area contributed by atoms with E-state index < -0.39 is 11.7 Å². The molecule has 1 aromatic carbocycles. The number of halogens is 3. The van der Waals surface area contributed by atoms with Crippen molar-refractivity contribution in [2.45, 2.75) is 39.0 Å². The van der Waals surface area contributed by atoms with E-state index >= 15 is 0 Å². The topological polar surface area (TPSA) is 40.7 Å². The van der Waals surface area contributed by atoms with Crippen LogP contribution in [0.1, 0.15) is 36.5 Å². The van der Waals surface area contributed by atoms with Gasteiger partial charge < -0.3 is 10.3 Å². The average Bonchev–Trinajstić information content (AvgIpc) is 2.83. The molecule has 3 nitrogen and oxygen atoms in total. The molecule has 0 radical (unpaired) electrons. The first-order valence-corrected chi connectivity index (χ1v) is 6.77. The molecule has 2 N–H and O–H groups in total. The fourth-order valence-corrected chi connectivity index (χ4v) is 1.95. The highest BCUT2D eigenvalue weighted by molar-refractivity contribution is 5.27. The maximum absolute atomic E-state index is 12.7. The van der Waals surface area contributed by atoms with Crippen LogP contribution in [0.25, 0.3) is 0 Å². The lowest BCUT2D eigenvalue weighted by Crippen LogP contribution is -2.21. The lowest BCUT2D eigenvalue weighted by molar-refractivity contribution is -0.137. The van der Waals surface area contributed by atoms with Crippen molar-refractivity contribution in [2.75, 3.05) is 0 Å². The number of aromatic amines is 1. The van der Waals surface area contributed by atoms with Crippen molar-refractivity contribution < 1.29 is 13.2 Å². The number of hydrogen-bond donors (Lipinski definition) is 2. The molecule has 0 unspecified atom stereocenters. The van der Waals surface area contributed by atoms with Crippen LogP contribution in [0.3, 0.4) is 0 Å². The molecule has 0 saturated carbocycles. The molecule has 21 heavy (non-hydrogen) atoms. The zero-order valence-corrected chi connectivity index (χ0v) is 12.0. The van der Waals surface area contributed by atoms with Crippen molar-refractivity contribution >= 4 is 0 Å². The van der Waals surface area contributed by atoms with E-state index in [1.54, 1.807) is 12.3 Å². The lowest BCUT2D eigenvalue weighted by Gasteiger charge is -2.08. The van der Waals surface area contributed by atoms with E-state index in [1.165, 1.54) is 6.07 Å². The summed E-state index contributed by atoms with van der Waals surface area (Å²) in [5, 5.41) is 3.25. The quantitative estimate of drug-likeness (QED) is 0.886. The van der Waals surface area contributed by atoms with Gasteiger partial charge in [-0.3, -0.25) is 0 Å². The number of nitrogens with zero attached hydrogens (tertiary/aromatic N) is 1. The third-order valence-electron chi connectivity index (χ3n) is 3.01. The molecule has 0 aliphatic heterocycles. The highest BCUT2D eigenvalue weighted by atomic mass is 19.4. The van der Waals surface area contributed by atoms with E-state index in [4.69, 9.17) is 0 Å². The van der Waals surface area contributed by atoms with Gasteiger partial charge in [-0.1, -0.05) is 32.0 Å². The molecule has 0 atom stereocenters. The third-order valence-corrected chi connectivity index (χ3v) is 3.01. The Bertz CT molecular complexity index is 588. The molecular weight excluding hydrogens is 279 g/mol. The Morgan fingerprint density at radius 3 is 2.71 bits per heavy atom. The standard InChI is InChI=1S/C15H18F3N3/c1-10(2)19-8-13-9-20-14(21-13)7-11-4-3-5-12(6-11)15(16,17)18/h3-6,9-10,19H,7-8H2,1-2H3,(H,20,21). The van der Waals surface area contributed by atoms with Gasteiger partial charge in [0.05, 0.1) is 5.56 Å². The van der Waals surface area contributed by atoms with Crippen molar-refractivity contribution in [1.82, 2.24) is 15.3 Å². The van der Waals surface area contributed by atoms with E-state index in [-0.39, 0.29) is 0 Å². The zero-order valence-electron chi connectivity index (χ0n) is 12.0. The molecule has 6 heteroatoms. The first kappa shape index (κ1) is 15.6. The van der Waals surface area contributed by atoms with E-state index in [1.807, 2.05) is 13.8 Å². The molecule has 0 fully saturated rings. The van der Waals surface area contributed by atoms with Crippen LogP contribution in [0.15, 0.2) is 30.5 Å². The monoisotopic (exact) mass is 297 g/mol. The number of benzene rings is 1. The van der Waals surface area contributed by atoms with Crippen molar-refractivity contribution in [2.24, 2.45) is 0 Å². The minimum absolute atomic E-state index is 0.353. The van der Waals surface area contributed by atoms with Gasteiger partial charge in [-0.15, -0.1) is 0 Å². The minimum atomic E-state index is -4.31. The molecular formula is C15H18F3N3. The normalized spacial score (nSPS) is 12.1. The van der Waals surface area contributed by atoms with Gasteiger partial charge in [-0.25, -0.2) is 4.98 Å². The van der Waals surface area contributed by atoms with Gasteiger partial charge in [0.1, 0.15) is 5.82 Å². The summed E-state index contributed by atoms with van der Waals surface area (Å²) in [5.41, 5.74) is 0.876. The summed E-state index contributed by atoms with van der Waals surface area (Å²) in [6, 6.07) is 5.69. The predicted molar refractivity (Wildman–Crippen MR) is 74.8 cm³/mol. The molecule has 0 bridgehead atoms. The molecule has 1 heterocycles. The van der Waals surface area contributed by atoms with Crippen LogP contribution in [0.5, 0.6) is 0 Å². The van der Waals surface area contributed by atoms with Crippen LogP contribution in [-0.4, -0.2) is 16.0 Å². The predicted octanol–water partition coefficient (Wildman–Crippen LogP) is 3.52. The summed E-state index contributed by atoms with van der Waals surface area (Å²) in [5.74, 6) is 0.662. The number of imidazole rings is 1. The SMILES string of the molecule is CC(C)NCc1cnc(Cc2cccc(C(F)(F)F)c2)[nH]1. The molecule has 0 saturated heterocycles. The van der Waals surface area contributed by atoms with Gasteiger partial charge >= 0.3 is 6.18 Å². The Labute approximate surface area is 121 Å². The van der Waals surface area contributed by atoms with Crippen molar-refractivity contribution in [3.05, 3.63) is 53.1 Å². The maximum atomic E-state index is 12.7. The first-order valence-electron chi connectivity index (χ1n) is 6.77. The van der Waals surface area contributed by atoms with Crippen molar-refractivity contribution in [3.8, 4) is 0 Å². The molecule has 2 rings (SSSR count). The molecule has 0 spiro atoms.